The van der Waals surface area contributed by atoms with Gasteiger partial charge in [0.15, 0.2) is 0 Å². The Bertz CT molecular complexity index is 4850. The maximum Gasteiger partial charge on any atom is 0.295 e. The Hall–Kier alpha value is -8.53. The van der Waals surface area contributed by atoms with Gasteiger partial charge in [-0.25, -0.2) is 35.4 Å². The Morgan fingerprint density at radius 2 is 0.938 bits per heavy atom. The molecular formula is C69H85N9O15S4+2. The summed E-state index contributed by atoms with van der Waals surface area (Å²) < 4.78 is 152. The molecule has 97 heavy (non-hydrogen) atoms. The van der Waals surface area contributed by atoms with E-state index in [0.29, 0.717) is 108 Å². The highest BCUT2D eigenvalue weighted by atomic mass is 32.2. The van der Waals surface area contributed by atoms with Crippen molar-refractivity contribution in [3.05, 3.63) is 120 Å². The number of benzene rings is 6. The SMILES string of the molecule is C#CCNC(=O)[C@H](CCCCNC(=O)CCNS(=O)(=O)c1ccc(-c2c3ccc(=[N+](CC)CC)cc-3oc3cc(N(CC)CC)ccc23)c(S(=O)(=O)O)c1)NC(=O)CCNS(=O)(=O)c1ccc(-c2c3ccc(=[N+](CC)CC)cc-3oc3cc(N(CC)CC)ccc23)c(S(=O)(=O)O)c1. The van der Waals surface area contributed by atoms with Gasteiger partial charge in [0, 0.05) is 138 Å². The first-order valence-electron chi connectivity index (χ1n) is 32.4. The fourth-order valence-corrected chi connectivity index (χ4v) is 15.7. The molecule has 2 aliphatic carbocycles. The molecule has 0 bridgehead atoms. The molecule has 2 heterocycles. The standard InChI is InChI=1S/C69H83N9O15S4/c1-10-36-71-69(81)58(74-66(80)35-39-73-95(84,85)51-27-33-57(64(45-51)97(89,90)91)68-54-30-24-48(77(15-6)16-7)42-61(54)93-62-43-49(25-31-55(62)68)78(17-8)18-9)21-19-20-37-70-65(79)34-38-72-94(82,83)50-26-32-56(63(44-50)96(86,87)88)67-52-28-22-46(75(11-2)12-3)40-59(52)92-60-41-47(23-29-53(60)67)76(13-4)14-5/h1,22-33,40-45,58,72-73H,11-21,34-39H2,2-9H3,(H3-2,70,71,74,79,80,81,86,87,88,89,90,91)/p+2/t58-/m0/s1. The Morgan fingerprint density at radius 1 is 0.515 bits per heavy atom. The number of carbonyl (C=O) groups excluding carboxylic acids is 3. The van der Waals surface area contributed by atoms with Crippen molar-refractivity contribution in [2.75, 3.05) is 88.3 Å². The molecule has 4 aromatic carbocycles. The van der Waals surface area contributed by atoms with Crippen molar-refractivity contribution in [1.82, 2.24) is 34.5 Å². The largest absolute Gasteiger partial charge is 0.456 e. The number of unbranched alkanes of at least 4 members (excludes halogenated alkanes) is 1. The number of hydrogen-bond donors (Lipinski definition) is 7. The van der Waals surface area contributed by atoms with Crippen LogP contribution >= 0.6 is 0 Å². The van der Waals surface area contributed by atoms with Crippen molar-refractivity contribution in [2.24, 2.45) is 0 Å². The maximum absolute atomic E-state index is 13.8. The van der Waals surface area contributed by atoms with Crippen LogP contribution in [0.25, 0.3) is 66.8 Å². The number of carbonyl (C=O) groups is 3. The molecule has 2 aliphatic heterocycles. The lowest BCUT2D eigenvalue weighted by molar-refractivity contribution is -0.129. The molecule has 7 N–H and O–H groups in total. The van der Waals surface area contributed by atoms with Gasteiger partial charge in [-0.2, -0.15) is 16.8 Å². The van der Waals surface area contributed by atoms with Gasteiger partial charge in [-0.3, -0.25) is 23.5 Å². The van der Waals surface area contributed by atoms with Gasteiger partial charge in [0.2, 0.25) is 48.5 Å². The summed E-state index contributed by atoms with van der Waals surface area (Å²) in [5.41, 5.74) is 4.40. The molecule has 4 aliphatic rings. The molecule has 0 aromatic heterocycles. The van der Waals surface area contributed by atoms with Crippen LogP contribution in [0.3, 0.4) is 0 Å². The van der Waals surface area contributed by atoms with E-state index in [1.807, 2.05) is 104 Å². The van der Waals surface area contributed by atoms with Gasteiger partial charge in [-0.05, 0) is 135 Å². The van der Waals surface area contributed by atoms with E-state index in [1.54, 1.807) is 24.3 Å². The first kappa shape index (κ1) is 74.3. The highest BCUT2D eigenvalue weighted by Crippen LogP contribution is 2.45. The molecule has 1 atom stereocenters. The number of terminal acetylenes is 1. The van der Waals surface area contributed by atoms with Crippen LogP contribution in [0.15, 0.2) is 138 Å². The molecule has 518 valence electrons. The molecule has 0 spiro atoms. The van der Waals surface area contributed by atoms with Crippen LogP contribution in [0.5, 0.6) is 0 Å². The first-order valence-corrected chi connectivity index (χ1v) is 38.2. The van der Waals surface area contributed by atoms with Gasteiger partial charge < -0.3 is 34.6 Å². The first-order chi connectivity index (χ1) is 46.2. The van der Waals surface area contributed by atoms with Crippen molar-refractivity contribution in [3.63, 3.8) is 0 Å². The third-order valence-corrected chi connectivity index (χ3v) is 21.8. The van der Waals surface area contributed by atoms with Crippen LogP contribution in [0.1, 0.15) is 87.5 Å². The van der Waals surface area contributed by atoms with Gasteiger partial charge in [-0.15, -0.1) is 6.42 Å². The van der Waals surface area contributed by atoms with E-state index in [9.17, 15) is 57.2 Å². The fourth-order valence-electron chi connectivity index (χ4n) is 12.0. The van der Waals surface area contributed by atoms with Crippen molar-refractivity contribution < 1.29 is 66.0 Å². The molecular weight excluding hydrogens is 1320 g/mol. The topological polar surface area (TPSA) is 327 Å². The maximum atomic E-state index is 13.8. The monoisotopic (exact) mass is 1410 g/mol. The van der Waals surface area contributed by atoms with Crippen LogP contribution in [0, 0.1) is 12.3 Å². The van der Waals surface area contributed by atoms with E-state index in [1.165, 1.54) is 24.3 Å². The van der Waals surface area contributed by atoms with Crippen LogP contribution in [-0.4, -0.2) is 145 Å². The average molecular weight is 1410 g/mol. The number of fused-ring (bicyclic) bond motifs is 4. The predicted octanol–water partition coefficient (Wildman–Crippen LogP) is 7.09. The highest BCUT2D eigenvalue weighted by molar-refractivity contribution is 7.90. The molecule has 24 nitrogen and oxygen atoms in total. The minimum Gasteiger partial charge on any atom is -0.456 e. The Morgan fingerprint density at radius 3 is 1.34 bits per heavy atom. The number of sulfonamides is 2. The van der Waals surface area contributed by atoms with Gasteiger partial charge in [0.05, 0.1) is 28.5 Å². The zero-order valence-corrected chi connectivity index (χ0v) is 59.0. The van der Waals surface area contributed by atoms with Crippen molar-refractivity contribution in [3.8, 4) is 57.2 Å². The summed E-state index contributed by atoms with van der Waals surface area (Å²) in [4.78, 5) is 41.4. The summed E-state index contributed by atoms with van der Waals surface area (Å²) in [7, 11) is -19.2. The molecule has 4 aromatic rings. The molecule has 0 radical (unpaired) electrons. The number of rotatable bonds is 32. The lowest BCUT2D eigenvalue weighted by atomic mass is 9.93. The Labute approximate surface area is 567 Å². The third-order valence-electron chi connectivity index (χ3n) is 17.1. The minimum atomic E-state index is -5.10. The molecule has 0 fully saturated rings. The summed E-state index contributed by atoms with van der Waals surface area (Å²) in [6.07, 6.45) is 5.17. The van der Waals surface area contributed by atoms with E-state index >= 15 is 0 Å². The second kappa shape index (κ2) is 32.2. The van der Waals surface area contributed by atoms with Crippen LogP contribution < -0.4 is 55.1 Å². The lowest BCUT2D eigenvalue weighted by Gasteiger charge is -2.22. The number of hydrogen-bond acceptors (Lipinski definition) is 15. The summed E-state index contributed by atoms with van der Waals surface area (Å²) in [6.45, 7) is 20.8. The van der Waals surface area contributed by atoms with Crippen molar-refractivity contribution in [2.45, 2.75) is 113 Å². The van der Waals surface area contributed by atoms with E-state index in [4.69, 9.17) is 15.3 Å². The van der Waals surface area contributed by atoms with Crippen molar-refractivity contribution in [1.29, 1.82) is 0 Å². The fraction of sp³-hybridized carbons (Fsp3) is 0.377. The molecule has 0 saturated carbocycles. The molecule has 8 rings (SSSR count). The third kappa shape index (κ3) is 17.4. The van der Waals surface area contributed by atoms with Gasteiger partial charge in [0.1, 0.15) is 64.7 Å². The summed E-state index contributed by atoms with van der Waals surface area (Å²) >= 11 is 0. The quantitative estimate of drug-likeness (QED) is 0.00727. The summed E-state index contributed by atoms with van der Waals surface area (Å²) in [5, 5.41) is 10.5. The Balaban J connectivity index is 0.893. The van der Waals surface area contributed by atoms with E-state index in [-0.39, 0.29) is 49.9 Å². The zero-order valence-electron chi connectivity index (χ0n) is 55.7. The number of anilines is 2. The normalized spacial score (nSPS) is 12.4. The predicted molar refractivity (Wildman–Crippen MR) is 376 cm³/mol. The molecule has 0 saturated heterocycles. The summed E-state index contributed by atoms with van der Waals surface area (Å²) in [5.74, 6) is 1.23. The molecule has 3 amide bonds. The smallest absolute Gasteiger partial charge is 0.295 e. The van der Waals surface area contributed by atoms with E-state index in [0.717, 1.165) is 34.2 Å². The zero-order chi connectivity index (χ0) is 70.6. The average Bonchev–Trinajstić information content (AvgIpc) is 0.749. The van der Waals surface area contributed by atoms with Crippen LogP contribution in [0.4, 0.5) is 11.4 Å². The van der Waals surface area contributed by atoms with Crippen LogP contribution in [0.2, 0.25) is 0 Å². The van der Waals surface area contributed by atoms with Crippen molar-refractivity contribution >= 4 is 91.3 Å². The van der Waals surface area contributed by atoms with Gasteiger partial charge in [-0.1, -0.05) is 18.1 Å². The number of nitrogens with zero attached hydrogens (tertiary/aromatic N) is 4. The minimum absolute atomic E-state index is 0.0102. The Kier molecular flexibility index (Phi) is 24.7. The van der Waals surface area contributed by atoms with E-state index in [2.05, 4.69) is 50.3 Å². The second-order valence-corrected chi connectivity index (χ2v) is 29.1. The summed E-state index contributed by atoms with van der Waals surface area (Å²) in [6, 6.07) is 27.8. The number of nitrogens with one attached hydrogen (secondary N) is 5. The second-order valence-electron chi connectivity index (χ2n) is 22.8. The van der Waals surface area contributed by atoms with Gasteiger partial charge >= 0.3 is 0 Å². The van der Waals surface area contributed by atoms with E-state index < -0.39 is 103 Å². The highest BCUT2D eigenvalue weighted by Gasteiger charge is 2.31. The number of amides is 3. The molecule has 28 heteroatoms. The van der Waals surface area contributed by atoms with Gasteiger partial charge in [0.25, 0.3) is 20.2 Å². The lowest BCUT2D eigenvalue weighted by Crippen LogP contribution is -2.47. The van der Waals surface area contributed by atoms with Crippen LogP contribution in [-0.2, 0) is 54.7 Å². The molecule has 0 unspecified atom stereocenters.